The lowest BCUT2D eigenvalue weighted by molar-refractivity contribution is -0.146. The summed E-state index contributed by atoms with van der Waals surface area (Å²) in [6.45, 7) is 7.23. The van der Waals surface area contributed by atoms with E-state index in [0.717, 1.165) is 42.6 Å². The Morgan fingerprint density at radius 3 is 2.34 bits per heavy atom. The van der Waals surface area contributed by atoms with Crippen molar-refractivity contribution in [1.29, 1.82) is 0 Å². The summed E-state index contributed by atoms with van der Waals surface area (Å²) in [6, 6.07) is 13.5. The molecule has 1 aromatic heterocycles. The van der Waals surface area contributed by atoms with E-state index in [-0.39, 0.29) is 30.9 Å². The number of ether oxygens (including phenoxy) is 1. The molecule has 4 aliphatic heterocycles. The molecule has 0 unspecified atom stereocenters. The quantitative estimate of drug-likeness (QED) is 0.226. The minimum atomic E-state index is -3.40. The van der Waals surface area contributed by atoms with Crippen molar-refractivity contribution in [3.05, 3.63) is 65.5 Å². The van der Waals surface area contributed by atoms with Gasteiger partial charge in [-0.3, -0.25) is 19.1 Å². The SMILES string of the molecule is C[C@H]1[C@H]([Si](C)(C)F)[C@@H](CCn2cc(CCO)nn2)O[C@]12C(=O)N(Cc1cccc(N3CCCCC3=O)c1)c1ccc(N3CCCCC3=O)cc12. The fourth-order valence-corrected chi connectivity index (χ4v) is 11.3. The summed E-state index contributed by atoms with van der Waals surface area (Å²) in [4.78, 5) is 46.2. The molecule has 50 heavy (non-hydrogen) atoms. The summed E-state index contributed by atoms with van der Waals surface area (Å²) in [5, 5.41) is 17.6. The lowest BCUT2D eigenvalue weighted by atomic mass is 9.82. The number of anilines is 3. The number of aliphatic hydroxyl groups is 1. The highest BCUT2D eigenvalue weighted by atomic mass is 28.4. The Balaban J connectivity index is 1.26. The molecule has 3 amide bonds. The first-order valence-corrected chi connectivity index (χ1v) is 21.0. The van der Waals surface area contributed by atoms with Crippen LogP contribution in [0.3, 0.4) is 0 Å². The van der Waals surface area contributed by atoms with E-state index in [1.165, 1.54) is 0 Å². The number of carbonyl (C=O) groups is 3. The van der Waals surface area contributed by atoms with E-state index in [9.17, 15) is 14.7 Å². The Morgan fingerprint density at radius 2 is 1.68 bits per heavy atom. The van der Waals surface area contributed by atoms with Crippen LogP contribution in [0.4, 0.5) is 21.2 Å². The van der Waals surface area contributed by atoms with Gasteiger partial charge in [0.05, 0.1) is 24.0 Å². The molecule has 0 radical (unpaired) electrons. The molecule has 4 aliphatic rings. The number of hydrogen-bond donors (Lipinski definition) is 1. The van der Waals surface area contributed by atoms with Gasteiger partial charge in [-0.2, -0.15) is 0 Å². The zero-order chi connectivity index (χ0) is 35.2. The number of halogens is 1. The normalized spacial score (nSPS) is 25.7. The zero-order valence-corrected chi connectivity index (χ0v) is 30.2. The van der Waals surface area contributed by atoms with Crippen molar-refractivity contribution in [3.8, 4) is 0 Å². The van der Waals surface area contributed by atoms with Gasteiger partial charge in [0.1, 0.15) is 0 Å². The van der Waals surface area contributed by atoms with Gasteiger partial charge in [0.15, 0.2) is 5.60 Å². The van der Waals surface area contributed by atoms with Crippen LogP contribution in [0.2, 0.25) is 18.6 Å². The van der Waals surface area contributed by atoms with E-state index in [0.29, 0.717) is 62.3 Å². The molecule has 0 bridgehead atoms. The van der Waals surface area contributed by atoms with Crippen LogP contribution >= 0.6 is 0 Å². The van der Waals surface area contributed by atoms with Gasteiger partial charge < -0.3 is 28.7 Å². The third-order valence-electron chi connectivity index (χ3n) is 11.1. The third kappa shape index (κ3) is 6.17. The van der Waals surface area contributed by atoms with Gasteiger partial charge in [-0.1, -0.05) is 24.3 Å². The standard InChI is InChI=1S/C37H47FN6O5Si/c1-25-35(50(2,3)38)32(15-19-41-24-27(16-20-45)39-40-41)49-37(25)30-22-29(43-18-7-5-12-34(43)47)13-14-31(30)44(36(37)48)23-26-9-8-10-28(21-26)42-17-6-4-11-33(42)46/h8-10,13-14,21-22,24-25,32,35,45H,4-7,11-12,15-20,23H2,1-3H3/t25-,32+,35-,37+/m0/s1. The number of carbonyl (C=O) groups excluding carboxylic acids is 3. The van der Waals surface area contributed by atoms with Crippen molar-refractivity contribution in [2.75, 3.05) is 34.4 Å². The highest BCUT2D eigenvalue weighted by molar-refractivity contribution is 6.72. The Hall–Kier alpha value is -3.94. The first-order valence-electron chi connectivity index (χ1n) is 18.0. The third-order valence-corrected chi connectivity index (χ3v) is 13.5. The molecule has 7 rings (SSSR count). The molecule has 11 nitrogen and oxygen atoms in total. The first-order chi connectivity index (χ1) is 24.0. The maximum absolute atomic E-state index is 16.5. The summed E-state index contributed by atoms with van der Waals surface area (Å²) < 4.78 is 25.1. The van der Waals surface area contributed by atoms with Crippen molar-refractivity contribution in [1.82, 2.24) is 15.0 Å². The van der Waals surface area contributed by atoms with Crippen LogP contribution < -0.4 is 14.7 Å². The zero-order valence-electron chi connectivity index (χ0n) is 29.2. The van der Waals surface area contributed by atoms with Crippen LogP contribution in [-0.4, -0.2) is 72.0 Å². The highest BCUT2D eigenvalue weighted by Crippen LogP contribution is 2.60. The summed E-state index contributed by atoms with van der Waals surface area (Å²) in [7, 11) is -3.40. The van der Waals surface area contributed by atoms with E-state index in [2.05, 4.69) is 10.3 Å². The Morgan fingerprint density at radius 1 is 0.980 bits per heavy atom. The van der Waals surface area contributed by atoms with Gasteiger partial charge in [-0.15, -0.1) is 5.10 Å². The summed E-state index contributed by atoms with van der Waals surface area (Å²) in [5.41, 5.74) is 2.51. The molecular weight excluding hydrogens is 656 g/mol. The van der Waals surface area contributed by atoms with Crippen LogP contribution in [0.25, 0.3) is 0 Å². The van der Waals surface area contributed by atoms with Gasteiger partial charge in [0.25, 0.3) is 5.91 Å². The Labute approximate surface area is 293 Å². The second-order valence-corrected chi connectivity index (χ2v) is 18.6. The van der Waals surface area contributed by atoms with Gasteiger partial charge in [-0.05, 0) is 81.1 Å². The molecular formula is C37H47FN6O5Si. The van der Waals surface area contributed by atoms with Crippen molar-refractivity contribution in [2.24, 2.45) is 5.92 Å². The van der Waals surface area contributed by atoms with E-state index in [1.807, 2.05) is 54.3 Å². The average Bonchev–Trinajstić information content (AvgIpc) is 3.74. The summed E-state index contributed by atoms with van der Waals surface area (Å²) in [6.07, 6.45) is 6.64. The first kappa shape index (κ1) is 34.5. The van der Waals surface area contributed by atoms with E-state index in [1.54, 1.807) is 33.8 Å². The summed E-state index contributed by atoms with van der Waals surface area (Å²) >= 11 is 0. The molecule has 3 aromatic rings. The average molecular weight is 703 g/mol. The number of hydrogen-bond acceptors (Lipinski definition) is 7. The van der Waals surface area contributed by atoms with Crippen LogP contribution in [-0.2, 0) is 44.2 Å². The molecule has 0 aliphatic carbocycles. The second-order valence-electron chi connectivity index (χ2n) is 14.8. The molecule has 13 heteroatoms. The lowest BCUT2D eigenvalue weighted by Gasteiger charge is -2.32. The number of aliphatic hydroxyl groups excluding tert-OH is 1. The number of aryl methyl sites for hydroxylation is 1. The minimum absolute atomic E-state index is 0.0299. The second kappa shape index (κ2) is 13.6. The molecule has 5 heterocycles. The maximum Gasteiger partial charge on any atom is 0.264 e. The fourth-order valence-electron chi connectivity index (χ4n) is 8.73. The van der Waals surface area contributed by atoms with Crippen LogP contribution in [0.15, 0.2) is 48.7 Å². The summed E-state index contributed by atoms with van der Waals surface area (Å²) in [5.74, 6) is -0.565. The monoisotopic (exact) mass is 702 g/mol. The van der Waals surface area contributed by atoms with Crippen molar-refractivity contribution >= 4 is 43.2 Å². The van der Waals surface area contributed by atoms with Crippen LogP contribution in [0.5, 0.6) is 0 Å². The minimum Gasteiger partial charge on any atom is -0.396 e. The van der Waals surface area contributed by atoms with E-state index < -0.39 is 31.6 Å². The van der Waals surface area contributed by atoms with Crippen LogP contribution in [0, 0.1) is 5.92 Å². The molecule has 1 N–H and O–H groups in total. The topological polar surface area (TPSA) is 121 Å². The number of benzene rings is 2. The molecule has 3 fully saturated rings. The van der Waals surface area contributed by atoms with Gasteiger partial charge in [0, 0.05) is 80.1 Å². The van der Waals surface area contributed by atoms with E-state index in [4.69, 9.17) is 4.74 Å². The number of rotatable bonds is 10. The Kier molecular flexibility index (Phi) is 9.42. The molecule has 4 atom stereocenters. The highest BCUT2D eigenvalue weighted by Gasteiger charge is 2.66. The predicted octanol–water partition coefficient (Wildman–Crippen LogP) is 5.26. The van der Waals surface area contributed by atoms with E-state index >= 15 is 8.90 Å². The Bertz CT molecular complexity index is 1780. The molecule has 1 spiro atoms. The predicted molar refractivity (Wildman–Crippen MR) is 190 cm³/mol. The lowest BCUT2D eigenvalue weighted by Crippen LogP contribution is -2.45. The fraction of sp³-hybridized carbons (Fsp3) is 0.541. The van der Waals surface area contributed by atoms with Crippen molar-refractivity contribution in [3.63, 3.8) is 0 Å². The molecule has 0 saturated carbocycles. The molecule has 266 valence electrons. The van der Waals surface area contributed by atoms with Gasteiger partial charge in [-0.25, -0.2) is 0 Å². The van der Waals surface area contributed by atoms with Gasteiger partial charge in [0.2, 0.25) is 20.2 Å². The van der Waals surface area contributed by atoms with Crippen molar-refractivity contribution < 1.29 is 28.3 Å². The number of amides is 3. The number of aromatic nitrogens is 3. The smallest absolute Gasteiger partial charge is 0.264 e. The molecule has 3 saturated heterocycles. The van der Waals surface area contributed by atoms with Crippen LogP contribution in [0.1, 0.15) is 68.7 Å². The largest absolute Gasteiger partial charge is 0.396 e. The maximum atomic E-state index is 16.5. The number of piperidine rings is 2. The number of fused-ring (bicyclic) bond motifs is 2. The van der Waals surface area contributed by atoms with Crippen molar-refractivity contribution in [2.45, 2.75) is 102 Å². The molecule has 2 aromatic carbocycles. The van der Waals surface area contributed by atoms with Gasteiger partial charge >= 0.3 is 0 Å². The number of nitrogens with zero attached hydrogens (tertiary/aromatic N) is 6.